The number of esters is 1. The fourth-order valence-corrected chi connectivity index (χ4v) is 11.1. The Morgan fingerprint density at radius 3 is 1.15 bits per heavy atom. The second kappa shape index (κ2) is 61.1. The van der Waals surface area contributed by atoms with Crippen LogP contribution in [0, 0.1) is 0 Å². The molecular weight excluding hydrogens is 1020 g/mol. The quantitative estimate of drug-likeness (QED) is 0.0205. The fourth-order valence-electron chi connectivity index (χ4n) is 10.4. The van der Waals surface area contributed by atoms with Crippen molar-refractivity contribution in [3.63, 3.8) is 0 Å². The molecule has 9 nitrogen and oxygen atoms in total. The molecule has 0 heterocycles. The van der Waals surface area contributed by atoms with Gasteiger partial charge in [-0.15, -0.1) is 0 Å². The minimum atomic E-state index is -4.45. The van der Waals surface area contributed by atoms with Crippen LogP contribution in [-0.4, -0.2) is 74.3 Å². The Morgan fingerprint density at radius 1 is 0.432 bits per heavy atom. The molecule has 476 valence electrons. The highest BCUT2D eigenvalue weighted by atomic mass is 31.2. The molecule has 10 heteroatoms. The summed E-state index contributed by atoms with van der Waals surface area (Å²) >= 11 is 0. The summed E-state index contributed by atoms with van der Waals surface area (Å²) in [7, 11) is 1.51. The average molecular weight is 1160 g/mol. The van der Waals surface area contributed by atoms with Gasteiger partial charge in [-0.25, -0.2) is 4.57 Å². The number of likely N-dealkylation sites (N-methyl/N-ethyl adjacent to an activating group) is 1. The van der Waals surface area contributed by atoms with Gasteiger partial charge < -0.3 is 19.4 Å². The van der Waals surface area contributed by atoms with E-state index in [0.717, 1.165) is 70.6 Å². The molecule has 0 rings (SSSR count). The maximum absolute atomic E-state index is 13.6. The predicted molar refractivity (Wildman–Crippen MR) is 351 cm³/mol. The van der Waals surface area contributed by atoms with Crippen LogP contribution in [0.4, 0.5) is 0 Å². The molecule has 0 radical (unpaired) electrons. The van der Waals surface area contributed by atoms with E-state index < -0.39 is 20.0 Å². The second-order valence-corrected chi connectivity index (χ2v) is 26.5. The number of nitrogens with one attached hydrogen (secondary N) is 1. The Kier molecular flexibility index (Phi) is 59.5. The number of allylic oxidation sites excluding steroid dienone is 7. The molecule has 3 unspecified atom stereocenters. The molecule has 81 heavy (non-hydrogen) atoms. The summed E-state index contributed by atoms with van der Waals surface area (Å²) in [6.07, 6.45) is 76.9. The number of ether oxygens (including phenoxy) is 1. The van der Waals surface area contributed by atoms with Crippen molar-refractivity contribution >= 4 is 19.7 Å². The van der Waals surface area contributed by atoms with Crippen LogP contribution in [0.3, 0.4) is 0 Å². The highest BCUT2D eigenvalue weighted by Gasteiger charge is 2.30. The largest absolute Gasteiger partial charge is 0.472 e. The van der Waals surface area contributed by atoms with E-state index in [2.05, 4.69) is 62.5 Å². The first-order valence-corrected chi connectivity index (χ1v) is 36.5. The maximum atomic E-state index is 13.6. The fraction of sp³-hybridized carbons (Fsp3) is 0.859. The Morgan fingerprint density at radius 2 is 0.753 bits per heavy atom. The molecule has 0 aliphatic heterocycles. The summed E-state index contributed by atoms with van der Waals surface area (Å²) in [5.74, 6) is -0.490. The van der Waals surface area contributed by atoms with E-state index in [0.29, 0.717) is 23.9 Å². The van der Waals surface area contributed by atoms with Gasteiger partial charge in [0.15, 0.2) is 0 Å². The van der Waals surface area contributed by atoms with E-state index in [1.165, 1.54) is 238 Å². The lowest BCUT2D eigenvalue weighted by molar-refractivity contribution is -0.870. The molecule has 0 aromatic carbocycles. The highest BCUT2D eigenvalue weighted by molar-refractivity contribution is 7.47. The van der Waals surface area contributed by atoms with E-state index in [1.54, 1.807) is 0 Å². The molecule has 0 aliphatic rings. The number of nitrogens with zero attached hydrogens (tertiary/aromatic N) is 1. The van der Waals surface area contributed by atoms with Gasteiger partial charge in [0.25, 0.3) is 0 Å². The van der Waals surface area contributed by atoms with Gasteiger partial charge in [0.2, 0.25) is 5.91 Å². The van der Waals surface area contributed by atoms with E-state index in [-0.39, 0.29) is 25.1 Å². The lowest BCUT2D eigenvalue weighted by Crippen LogP contribution is -2.47. The van der Waals surface area contributed by atoms with E-state index in [1.807, 2.05) is 33.3 Å². The van der Waals surface area contributed by atoms with Crippen LogP contribution in [0.15, 0.2) is 48.6 Å². The molecule has 1 amide bonds. The predicted octanol–water partition coefficient (Wildman–Crippen LogP) is 22.0. The number of phosphoric ester groups is 1. The van der Waals surface area contributed by atoms with Gasteiger partial charge in [-0.3, -0.25) is 18.6 Å². The lowest BCUT2D eigenvalue weighted by Gasteiger charge is -2.27. The lowest BCUT2D eigenvalue weighted by atomic mass is 10.0. The Balaban J connectivity index is 4.97. The van der Waals surface area contributed by atoms with Crippen LogP contribution in [0.5, 0.6) is 0 Å². The second-order valence-electron chi connectivity index (χ2n) is 25.1. The normalized spacial score (nSPS) is 13.8. The molecule has 0 saturated carbocycles. The molecule has 0 fully saturated rings. The monoisotopic (exact) mass is 1160 g/mol. The SMILES string of the molecule is CCCCC/C=C\C/C=C\C/C=C\CCCCCCCCCCCCCCCCC(=O)OC(/C=C/CCCCCCCCCCC)C(COP(=O)(O)OCC[N+](C)(C)C)NC(=O)CCCCCCCCCCCCCCCCCCC. The van der Waals surface area contributed by atoms with E-state index in [4.69, 9.17) is 13.8 Å². The van der Waals surface area contributed by atoms with E-state index >= 15 is 0 Å². The third-order valence-corrected chi connectivity index (χ3v) is 16.8. The number of unbranched alkanes of at least 4 members (excludes halogenated alkanes) is 42. The number of carbonyl (C=O) groups excluding carboxylic acids is 2. The first kappa shape index (κ1) is 79.0. The molecule has 2 N–H and O–H groups in total. The van der Waals surface area contributed by atoms with Crippen molar-refractivity contribution in [3.8, 4) is 0 Å². The van der Waals surface area contributed by atoms with Crippen molar-refractivity contribution in [3.05, 3.63) is 48.6 Å². The van der Waals surface area contributed by atoms with Crippen LogP contribution < -0.4 is 5.32 Å². The molecule has 0 spiro atoms. The first-order chi connectivity index (χ1) is 39.4. The number of rotatable bonds is 64. The van der Waals surface area contributed by atoms with Gasteiger partial charge in [-0.1, -0.05) is 307 Å². The zero-order chi connectivity index (χ0) is 59.3. The van der Waals surface area contributed by atoms with Gasteiger partial charge in [0, 0.05) is 12.8 Å². The zero-order valence-electron chi connectivity index (χ0n) is 54.5. The highest BCUT2D eigenvalue weighted by Crippen LogP contribution is 2.43. The van der Waals surface area contributed by atoms with Crippen molar-refractivity contribution in [1.29, 1.82) is 0 Å². The number of hydrogen-bond donors (Lipinski definition) is 2. The third kappa shape index (κ3) is 62.3. The van der Waals surface area contributed by atoms with Gasteiger partial charge in [0.05, 0.1) is 33.8 Å². The molecule has 3 atom stereocenters. The molecule has 0 aromatic heterocycles. The van der Waals surface area contributed by atoms with Crippen molar-refractivity contribution in [2.45, 2.75) is 354 Å². The van der Waals surface area contributed by atoms with Crippen LogP contribution in [-0.2, 0) is 27.9 Å². The van der Waals surface area contributed by atoms with Gasteiger partial charge >= 0.3 is 13.8 Å². The Labute approximate surface area is 503 Å². The standard InChI is InChI=1S/C71H135N2O7P/c1-7-10-13-16-19-22-25-27-29-31-32-33-34-35-36-37-38-39-40-42-44-46-49-52-55-58-61-64-71(75)80-69(62-59-56-53-50-47-24-21-18-15-12-9-3)68(67-79-81(76,77)78-66-65-73(4,5)6)72-70(74)63-60-57-54-51-48-45-43-41-30-28-26-23-20-17-14-11-8-2/h19,22,27,29,32-33,59,62,68-69H,7-18,20-21,23-26,28,30-31,34-58,60-61,63-67H2,1-6H3,(H-,72,74,76,77)/p+1/b22-19-,29-27-,33-32-,62-59+. The summed E-state index contributed by atoms with van der Waals surface area (Å²) in [6.45, 7) is 7.03. The Bertz CT molecular complexity index is 1520. The molecule has 0 aliphatic carbocycles. The topological polar surface area (TPSA) is 111 Å². The maximum Gasteiger partial charge on any atom is 0.472 e. The average Bonchev–Trinajstić information content (AvgIpc) is 3.44. The molecule has 0 aromatic rings. The molecule has 0 saturated heterocycles. The summed E-state index contributed by atoms with van der Waals surface area (Å²) in [5.41, 5.74) is 0. The zero-order valence-corrected chi connectivity index (χ0v) is 55.4. The van der Waals surface area contributed by atoms with Crippen LogP contribution >= 0.6 is 7.82 Å². The number of amides is 1. The number of hydrogen-bond acceptors (Lipinski definition) is 6. The first-order valence-electron chi connectivity index (χ1n) is 35.0. The van der Waals surface area contributed by atoms with E-state index in [9.17, 15) is 19.0 Å². The van der Waals surface area contributed by atoms with Crippen molar-refractivity contribution < 1.29 is 37.3 Å². The summed E-state index contributed by atoms with van der Waals surface area (Å²) in [5, 5.41) is 3.07. The summed E-state index contributed by atoms with van der Waals surface area (Å²) < 4.78 is 30.8. The van der Waals surface area contributed by atoms with Gasteiger partial charge in [-0.05, 0) is 70.3 Å². The van der Waals surface area contributed by atoms with Crippen LogP contribution in [0.1, 0.15) is 342 Å². The number of phosphoric acid groups is 1. The minimum Gasteiger partial charge on any atom is -0.456 e. The third-order valence-electron chi connectivity index (χ3n) is 15.8. The van der Waals surface area contributed by atoms with Gasteiger partial charge in [-0.2, -0.15) is 0 Å². The Hall–Kier alpha value is -2.03. The minimum absolute atomic E-state index is 0.0424. The summed E-state index contributed by atoms with van der Waals surface area (Å²) in [6, 6.07) is -0.845. The summed E-state index contributed by atoms with van der Waals surface area (Å²) in [4.78, 5) is 37.8. The van der Waals surface area contributed by atoms with Crippen LogP contribution in [0.25, 0.3) is 0 Å². The molecular formula is C71H136N2O7P+. The van der Waals surface area contributed by atoms with Crippen molar-refractivity contribution in [2.24, 2.45) is 0 Å². The number of carbonyl (C=O) groups is 2. The smallest absolute Gasteiger partial charge is 0.456 e. The van der Waals surface area contributed by atoms with Crippen LogP contribution in [0.2, 0.25) is 0 Å². The van der Waals surface area contributed by atoms with Crippen molar-refractivity contribution in [2.75, 3.05) is 40.9 Å². The molecule has 0 bridgehead atoms. The number of quaternary nitrogens is 1. The van der Waals surface area contributed by atoms with Crippen molar-refractivity contribution in [1.82, 2.24) is 5.32 Å². The van der Waals surface area contributed by atoms with Gasteiger partial charge in [0.1, 0.15) is 19.3 Å².